The van der Waals surface area contributed by atoms with Crippen molar-refractivity contribution in [3.8, 4) is 16.9 Å². The number of nitrogens with zero attached hydrogens (tertiary/aromatic N) is 2. The first-order chi connectivity index (χ1) is 12.1. The molecular weight excluding hydrogens is 337 g/mol. The number of rotatable bonds is 3. The third kappa shape index (κ3) is 2.71. The molecule has 128 valence electrons. The third-order valence-electron chi connectivity index (χ3n) is 4.62. The molecule has 0 radical (unpaired) electrons. The zero-order valence-electron chi connectivity index (χ0n) is 14.2. The van der Waals surface area contributed by atoms with Crippen LogP contribution in [0.1, 0.15) is 30.9 Å². The molecule has 0 saturated heterocycles. The molecular formula is C20H19ClFN3. The molecule has 0 spiro atoms. The van der Waals surface area contributed by atoms with Crippen LogP contribution in [0.15, 0.2) is 42.5 Å². The maximum atomic E-state index is 13.4. The van der Waals surface area contributed by atoms with Crippen molar-refractivity contribution in [1.82, 2.24) is 9.78 Å². The van der Waals surface area contributed by atoms with Crippen molar-refractivity contribution < 1.29 is 4.39 Å². The molecule has 4 rings (SSSR count). The smallest absolute Gasteiger partial charge is 0.133 e. The molecule has 3 nitrogen and oxygen atoms in total. The molecule has 0 fully saturated rings. The van der Waals surface area contributed by atoms with Gasteiger partial charge in [-0.2, -0.15) is 5.10 Å². The molecule has 3 aromatic rings. The average Bonchev–Trinajstić information content (AvgIpc) is 3.18. The molecule has 2 aromatic carbocycles. The second kappa shape index (κ2) is 6.19. The highest BCUT2D eigenvalue weighted by atomic mass is 35.5. The Morgan fingerprint density at radius 3 is 2.76 bits per heavy atom. The lowest BCUT2D eigenvalue weighted by atomic mass is 10.0. The number of anilines is 1. The van der Waals surface area contributed by atoms with Gasteiger partial charge in [-0.15, -0.1) is 0 Å². The molecule has 2 heterocycles. The minimum atomic E-state index is -0.340. The van der Waals surface area contributed by atoms with Gasteiger partial charge in [-0.3, -0.25) is 0 Å². The number of aromatic nitrogens is 2. The zero-order valence-corrected chi connectivity index (χ0v) is 14.9. The van der Waals surface area contributed by atoms with Crippen LogP contribution in [0.4, 0.5) is 10.2 Å². The summed E-state index contributed by atoms with van der Waals surface area (Å²) < 4.78 is 15.4. The molecule has 0 aliphatic carbocycles. The highest BCUT2D eigenvalue weighted by Gasteiger charge is 2.26. The maximum Gasteiger partial charge on any atom is 0.133 e. The standard InChI is InChI=1S/C20H19ClFN3/c1-12(2)14-5-3-4-6-18(14)25-20-16(9-10-23-20)19(24-25)15-8-7-13(22)11-17(15)21/h3-8,11-12,23H,9-10H2,1-2H3. The van der Waals surface area contributed by atoms with E-state index in [1.807, 2.05) is 16.8 Å². The van der Waals surface area contributed by atoms with Crippen LogP contribution in [-0.2, 0) is 6.42 Å². The minimum absolute atomic E-state index is 0.340. The topological polar surface area (TPSA) is 29.9 Å². The number of benzene rings is 2. The van der Waals surface area contributed by atoms with E-state index in [9.17, 15) is 4.39 Å². The predicted octanol–water partition coefficient (Wildman–Crippen LogP) is 5.42. The largest absolute Gasteiger partial charge is 0.369 e. The molecule has 1 aromatic heterocycles. The van der Waals surface area contributed by atoms with Crippen molar-refractivity contribution in [2.75, 3.05) is 11.9 Å². The van der Waals surface area contributed by atoms with Gasteiger partial charge in [-0.25, -0.2) is 9.07 Å². The highest BCUT2D eigenvalue weighted by molar-refractivity contribution is 6.33. The summed E-state index contributed by atoms with van der Waals surface area (Å²) in [6.45, 7) is 5.21. The first kappa shape index (κ1) is 16.2. The van der Waals surface area contributed by atoms with Gasteiger partial charge in [0.2, 0.25) is 0 Å². The molecule has 0 unspecified atom stereocenters. The Morgan fingerprint density at radius 2 is 2.00 bits per heavy atom. The summed E-state index contributed by atoms with van der Waals surface area (Å²) >= 11 is 6.29. The SMILES string of the molecule is CC(C)c1ccccc1-n1nc(-c2ccc(F)cc2Cl)c2c1NCC2. The molecule has 25 heavy (non-hydrogen) atoms. The van der Waals surface area contributed by atoms with Crippen LogP contribution in [0.3, 0.4) is 0 Å². The lowest BCUT2D eigenvalue weighted by Gasteiger charge is -2.14. The Hall–Kier alpha value is -2.33. The second-order valence-electron chi connectivity index (χ2n) is 6.60. The van der Waals surface area contributed by atoms with E-state index in [-0.39, 0.29) is 5.82 Å². The predicted molar refractivity (Wildman–Crippen MR) is 100 cm³/mol. The van der Waals surface area contributed by atoms with Crippen molar-refractivity contribution in [3.63, 3.8) is 0 Å². The van der Waals surface area contributed by atoms with Crippen LogP contribution in [0, 0.1) is 5.82 Å². The highest BCUT2D eigenvalue weighted by Crippen LogP contribution is 2.38. The summed E-state index contributed by atoms with van der Waals surface area (Å²) in [6, 6.07) is 12.8. The normalized spacial score (nSPS) is 13.2. The van der Waals surface area contributed by atoms with E-state index in [0.29, 0.717) is 10.9 Å². The van der Waals surface area contributed by atoms with Crippen LogP contribution in [0.25, 0.3) is 16.9 Å². The van der Waals surface area contributed by atoms with E-state index in [2.05, 4.69) is 31.3 Å². The Balaban J connectivity index is 1.93. The lowest BCUT2D eigenvalue weighted by Crippen LogP contribution is -2.07. The van der Waals surface area contributed by atoms with Gasteiger partial charge >= 0.3 is 0 Å². The number of halogens is 2. The van der Waals surface area contributed by atoms with E-state index in [1.54, 1.807) is 6.07 Å². The number of hydrogen-bond donors (Lipinski definition) is 1. The Morgan fingerprint density at radius 1 is 1.20 bits per heavy atom. The van der Waals surface area contributed by atoms with Crippen molar-refractivity contribution in [2.24, 2.45) is 0 Å². The van der Waals surface area contributed by atoms with Gasteiger partial charge in [0.25, 0.3) is 0 Å². The molecule has 1 aliphatic heterocycles. The fraction of sp³-hybridized carbons (Fsp3) is 0.250. The summed E-state index contributed by atoms with van der Waals surface area (Å²) in [7, 11) is 0. The Labute approximate surface area is 151 Å². The van der Waals surface area contributed by atoms with Gasteiger partial charge in [0.05, 0.1) is 16.4 Å². The Bertz CT molecular complexity index is 946. The number of nitrogens with one attached hydrogen (secondary N) is 1. The van der Waals surface area contributed by atoms with Crippen molar-refractivity contribution in [1.29, 1.82) is 0 Å². The van der Waals surface area contributed by atoms with E-state index in [4.69, 9.17) is 16.7 Å². The molecule has 0 saturated carbocycles. The molecule has 0 amide bonds. The summed E-state index contributed by atoms with van der Waals surface area (Å²) in [5.41, 5.74) is 5.02. The van der Waals surface area contributed by atoms with Gasteiger partial charge in [-0.1, -0.05) is 43.6 Å². The van der Waals surface area contributed by atoms with Gasteiger partial charge in [0.1, 0.15) is 11.6 Å². The van der Waals surface area contributed by atoms with E-state index < -0.39 is 0 Å². The number of fused-ring (bicyclic) bond motifs is 1. The lowest BCUT2D eigenvalue weighted by molar-refractivity contribution is 0.628. The molecule has 1 aliphatic rings. The summed E-state index contributed by atoms with van der Waals surface area (Å²) in [6.07, 6.45) is 0.877. The maximum absolute atomic E-state index is 13.4. The fourth-order valence-electron chi connectivity index (χ4n) is 3.42. The average molecular weight is 356 g/mol. The first-order valence-electron chi connectivity index (χ1n) is 8.46. The van der Waals surface area contributed by atoms with E-state index >= 15 is 0 Å². The molecule has 5 heteroatoms. The zero-order chi connectivity index (χ0) is 17.6. The van der Waals surface area contributed by atoms with E-state index in [0.717, 1.165) is 41.3 Å². The Kier molecular flexibility index (Phi) is 4.00. The van der Waals surface area contributed by atoms with Crippen LogP contribution >= 0.6 is 11.6 Å². The fourth-order valence-corrected chi connectivity index (χ4v) is 3.67. The van der Waals surface area contributed by atoms with Crippen LogP contribution < -0.4 is 5.32 Å². The van der Waals surface area contributed by atoms with Crippen LogP contribution in [-0.4, -0.2) is 16.3 Å². The first-order valence-corrected chi connectivity index (χ1v) is 8.84. The van der Waals surface area contributed by atoms with Gasteiger partial charge < -0.3 is 5.32 Å². The quantitative estimate of drug-likeness (QED) is 0.679. The molecule has 0 atom stereocenters. The second-order valence-corrected chi connectivity index (χ2v) is 7.01. The summed E-state index contributed by atoms with van der Waals surface area (Å²) in [5.74, 6) is 1.05. The van der Waals surface area contributed by atoms with Crippen molar-refractivity contribution >= 4 is 17.4 Å². The van der Waals surface area contributed by atoms with Gasteiger partial charge in [0.15, 0.2) is 0 Å². The monoisotopic (exact) mass is 355 g/mol. The van der Waals surface area contributed by atoms with E-state index in [1.165, 1.54) is 17.7 Å². The van der Waals surface area contributed by atoms with Crippen molar-refractivity contribution in [2.45, 2.75) is 26.2 Å². The summed E-state index contributed by atoms with van der Waals surface area (Å²) in [5, 5.41) is 8.68. The number of hydrogen-bond acceptors (Lipinski definition) is 2. The van der Waals surface area contributed by atoms with Gasteiger partial charge in [-0.05, 0) is 42.2 Å². The van der Waals surface area contributed by atoms with Crippen molar-refractivity contribution in [3.05, 3.63) is 64.4 Å². The van der Waals surface area contributed by atoms with Gasteiger partial charge in [0, 0.05) is 17.7 Å². The third-order valence-corrected chi connectivity index (χ3v) is 4.94. The molecule has 0 bridgehead atoms. The minimum Gasteiger partial charge on any atom is -0.369 e. The molecule has 1 N–H and O–H groups in total. The summed E-state index contributed by atoms with van der Waals surface area (Å²) in [4.78, 5) is 0. The number of para-hydroxylation sites is 1. The van der Waals surface area contributed by atoms with Crippen LogP contribution in [0.2, 0.25) is 5.02 Å². The van der Waals surface area contributed by atoms with Crippen LogP contribution in [0.5, 0.6) is 0 Å².